The zero-order chi connectivity index (χ0) is 23.8. The molecule has 1 aliphatic heterocycles. The van der Waals surface area contributed by atoms with Gasteiger partial charge >= 0.3 is 0 Å². The van der Waals surface area contributed by atoms with Gasteiger partial charge in [0.25, 0.3) is 0 Å². The number of aromatic nitrogens is 1. The van der Waals surface area contributed by atoms with E-state index in [0.717, 1.165) is 35.7 Å². The van der Waals surface area contributed by atoms with Crippen molar-refractivity contribution in [2.24, 2.45) is 0 Å². The van der Waals surface area contributed by atoms with Crippen LogP contribution in [0.15, 0.2) is 78.3 Å². The number of amides is 1. The summed E-state index contributed by atoms with van der Waals surface area (Å²) in [5.74, 6) is 0.492. The van der Waals surface area contributed by atoms with Gasteiger partial charge in [0.1, 0.15) is 5.82 Å². The molecule has 1 aromatic heterocycles. The summed E-state index contributed by atoms with van der Waals surface area (Å²) in [6.07, 6.45) is 6.94. The summed E-state index contributed by atoms with van der Waals surface area (Å²) < 4.78 is 28.8. The molecule has 2 aromatic carbocycles. The van der Waals surface area contributed by atoms with Gasteiger partial charge in [0.05, 0.1) is 4.90 Å². The predicted octanol–water partition coefficient (Wildman–Crippen LogP) is 4.36. The topological polar surface area (TPSA) is 91.4 Å². The van der Waals surface area contributed by atoms with E-state index in [-0.39, 0.29) is 16.8 Å². The summed E-state index contributed by atoms with van der Waals surface area (Å²) >= 11 is 0. The molecule has 1 aliphatic carbocycles. The van der Waals surface area contributed by atoms with Crippen molar-refractivity contribution < 1.29 is 13.2 Å². The molecule has 5 rings (SSSR count). The number of piperidine rings is 1. The first-order valence-corrected chi connectivity index (χ1v) is 13.0. The van der Waals surface area contributed by atoms with Gasteiger partial charge in [-0.15, -0.1) is 0 Å². The number of anilines is 2. The maximum absolute atomic E-state index is 13.6. The normalized spacial score (nSPS) is 19.9. The maximum Gasteiger partial charge on any atom is 0.243 e. The Morgan fingerprint density at radius 2 is 1.85 bits per heavy atom. The second kappa shape index (κ2) is 8.85. The highest BCUT2D eigenvalue weighted by Crippen LogP contribution is 2.47. The first-order valence-electron chi connectivity index (χ1n) is 11.6. The summed E-state index contributed by atoms with van der Waals surface area (Å²) in [6.45, 7) is 3.90. The van der Waals surface area contributed by atoms with Crippen molar-refractivity contribution in [2.45, 2.75) is 48.6 Å². The highest BCUT2D eigenvalue weighted by Gasteiger charge is 2.51. The van der Waals surface area contributed by atoms with Crippen LogP contribution in [0.2, 0.25) is 0 Å². The molecule has 7 nitrogen and oxygen atoms in total. The van der Waals surface area contributed by atoms with Gasteiger partial charge in [-0.05, 0) is 73.9 Å². The molecule has 1 spiro atoms. The average molecular weight is 477 g/mol. The number of pyridine rings is 1. The molecule has 1 unspecified atom stereocenters. The van der Waals surface area contributed by atoms with Crippen LogP contribution in [-0.2, 0) is 14.8 Å². The van der Waals surface area contributed by atoms with E-state index in [2.05, 4.69) is 22.2 Å². The Morgan fingerprint density at radius 1 is 1.12 bits per heavy atom. The summed E-state index contributed by atoms with van der Waals surface area (Å²) in [5, 5.41) is 8.35. The Balaban J connectivity index is 1.33. The van der Waals surface area contributed by atoms with Crippen LogP contribution < -0.4 is 10.6 Å². The van der Waals surface area contributed by atoms with Crippen molar-refractivity contribution in [3.63, 3.8) is 0 Å². The standard InChI is InChI=1S/C26H28N4O3S/c1-2-25(31)29-22-12-15-30(26(17-22)13-5-14-26)34(32,33)23-10-8-21(9-11-23)28-24-16-19-6-3-4-7-20(19)18-27-24/h2-4,6-11,16,18,22H,1,5,12-15,17H2,(H,27,28)(H,29,31). The lowest BCUT2D eigenvalue weighted by molar-refractivity contribution is -0.117. The largest absolute Gasteiger partial charge is 0.350 e. The lowest BCUT2D eigenvalue weighted by Crippen LogP contribution is -2.63. The Hall–Kier alpha value is -3.23. The van der Waals surface area contributed by atoms with Gasteiger partial charge in [0, 0.05) is 35.4 Å². The number of benzene rings is 2. The molecular weight excluding hydrogens is 448 g/mol. The van der Waals surface area contributed by atoms with E-state index in [1.165, 1.54) is 6.08 Å². The third kappa shape index (κ3) is 4.19. The Kier molecular flexibility index (Phi) is 5.87. The van der Waals surface area contributed by atoms with Gasteiger partial charge in [-0.2, -0.15) is 4.31 Å². The monoisotopic (exact) mass is 476 g/mol. The van der Waals surface area contributed by atoms with Crippen LogP contribution >= 0.6 is 0 Å². The van der Waals surface area contributed by atoms with E-state index in [9.17, 15) is 13.2 Å². The van der Waals surface area contributed by atoms with Crippen molar-refractivity contribution in [3.8, 4) is 0 Å². The second-order valence-electron chi connectivity index (χ2n) is 9.12. The molecule has 0 radical (unpaired) electrons. The van der Waals surface area contributed by atoms with Gasteiger partial charge in [-0.25, -0.2) is 13.4 Å². The molecule has 1 amide bonds. The first-order chi connectivity index (χ1) is 16.4. The fourth-order valence-corrected chi connectivity index (χ4v) is 6.95. The number of rotatable bonds is 6. The molecular formula is C26H28N4O3S. The number of fused-ring (bicyclic) bond motifs is 1. The third-order valence-electron chi connectivity index (χ3n) is 7.00. The van der Waals surface area contributed by atoms with Gasteiger partial charge in [0.2, 0.25) is 15.9 Å². The molecule has 3 aromatic rings. The van der Waals surface area contributed by atoms with Gasteiger partial charge in [-0.3, -0.25) is 4.79 Å². The molecule has 2 N–H and O–H groups in total. The van der Waals surface area contributed by atoms with Crippen molar-refractivity contribution in [2.75, 3.05) is 11.9 Å². The number of nitrogens with one attached hydrogen (secondary N) is 2. The zero-order valence-corrected chi connectivity index (χ0v) is 19.7. The summed E-state index contributed by atoms with van der Waals surface area (Å²) in [5.41, 5.74) is 0.355. The number of hydrogen-bond donors (Lipinski definition) is 2. The second-order valence-corrected chi connectivity index (χ2v) is 11.0. The van der Waals surface area contributed by atoms with Crippen LogP contribution in [0.5, 0.6) is 0 Å². The maximum atomic E-state index is 13.6. The minimum absolute atomic E-state index is 0.0294. The summed E-state index contributed by atoms with van der Waals surface area (Å²) in [4.78, 5) is 16.5. The Morgan fingerprint density at radius 3 is 2.53 bits per heavy atom. The minimum atomic E-state index is -3.65. The lowest BCUT2D eigenvalue weighted by Gasteiger charge is -2.54. The molecule has 1 saturated carbocycles. The SMILES string of the molecule is C=CC(=O)NC1CCN(S(=O)(=O)c2ccc(Nc3cc4ccccc4cn3)cc2)C2(CCC2)C1. The van der Waals surface area contributed by atoms with Gasteiger partial charge < -0.3 is 10.6 Å². The third-order valence-corrected chi connectivity index (χ3v) is 9.02. The predicted molar refractivity (Wildman–Crippen MR) is 133 cm³/mol. The van der Waals surface area contributed by atoms with Crippen LogP contribution in [0.25, 0.3) is 10.8 Å². The molecule has 2 aliphatic rings. The summed E-state index contributed by atoms with van der Waals surface area (Å²) in [7, 11) is -3.65. The van der Waals surface area contributed by atoms with Crippen molar-refractivity contribution in [1.29, 1.82) is 0 Å². The van der Waals surface area contributed by atoms with Crippen molar-refractivity contribution in [3.05, 3.63) is 73.4 Å². The lowest BCUT2D eigenvalue weighted by atomic mass is 9.70. The number of sulfonamides is 1. The fraction of sp³-hybridized carbons (Fsp3) is 0.308. The average Bonchev–Trinajstić information content (AvgIpc) is 2.83. The molecule has 1 saturated heterocycles. The van der Waals surface area contributed by atoms with E-state index in [4.69, 9.17) is 0 Å². The molecule has 2 heterocycles. The van der Waals surface area contributed by atoms with E-state index < -0.39 is 15.6 Å². The molecule has 2 fully saturated rings. The van der Waals surface area contributed by atoms with E-state index in [1.807, 2.05) is 36.5 Å². The molecule has 0 bridgehead atoms. The number of hydrogen-bond acceptors (Lipinski definition) is 5. The fourth-order valence-electron chi connectivity index (χ4n) is 5.11. The van der Waals surface area contributed by atoms with Gasteiger partial charge in [-0.1, -0.05) is 30.8 Å². The molecule has 34 heavy (non-hydrogen) atoms. The van der Waals surface area contributed by atoms with E-state index in [0.29, 0.717) is 25.2 Å². The number of carbonyl (C=O) groups excluding carboxylic acids is 1. The highest BCUT2D eigenvalue weighted by molar-refractivity contribution is 7.89. The van der Waals surface area contributed by atoms with Crippen LogP contribution in [-0.4, -0.2) is 41.7 Å². The van der Waals surface area contributed by atoms with Crippen molar-refractivity contribution in [1.82, 2.24) is 14.6 Å². The van der Waals surface area contributed by atoms with Gasteiger partial charge in [0.15, 0.2) is 0 Å². The Labute approximate surface area is 199 Å². The van der Waals surface area contributed by atoms with Crippen LogP contribution in [0, 0.1) is 0 Å². The quantitative estimate of drug-likeness (QED) is 0.516. The summed E-state index contributed by atoms with van der Waals surface area (Å²) in [6, 6.07) is 16.8. The molecule has 8 heteroatoms. The first kappa shape index (κ1) is 22.6. The minimum Gasteiger partial charge on any atom is -0.350 e. The highest BCUT2D eigenvalue weighted by atomic mass is 32.2. The number of carbonyl (C=O) groups is 1. The van der Waals surface area contributed by atoms with Crippen LogP contribution in [0.4, 0.5) is 11.5 Å². The smallest absolute Gasteiger partial charge is 0.243 e. The van der Waals surface area contributed by atoms with E-state index >= 15 is 0 Å². The zero-order valence-electron chi connectivity index (χ0n) is 18.9. The van der Waals surface area contributed by atoms with Crippen LogP contribution in [0.3, 0.4) is 0 Å². The molecule has 1 atom stereocenters. The molecule has 176 valence electrons. The van der Waals surface area contributed by atoms with Crippen molar-refractivity contribution >= 4 is 38.2 Å². The number of nitrogens with zero attached hydrogens (tertiary/aromatic N) is 2. The van der Waals surface area contributed by atoms with Crippen LogP contribution in [0.1, 0.15) is 32.1 Å². The van der Waals surface area contributed by atoms with E-state index in [1.54, 1.807) is 28.6 Å². The Bertz CT molecular complexity index is 1330.